The Morgan fingerprint density at radius 1 is 1.32 bits per heavy atom. The van der Waals surface area contributed by atoms with Crippen molar-refractivity contribution in [2.75, 3.05) is 6.61 Å². The third-order valence-electron chi connectivity index (χ3n) is 3.32. The highest BCUT2D eigenvalue weighted by Crippen LogP contribution is 2.24. The largest absolute Gasteiger partial charge is 0.376 e. The van der Waals surface area contributed by atoms with Crippen molar-refractivity contribution in [1.29, 1.82) is 0 Å². The molecule has 0 saturated carbocycles. The van der Waals surface area contributed by atoms with Gasteiger partial charge >= 0.3 is 0 Å². The van der Waals surface area contributed by atoms with Crippen molar-refractivity contribution < 1.29 is 4.74 Å². The Morgan fingerprint density at radius 3 is 2.84 bits per heavy atom. The summed E-state index contributed by atoms with van der Waals surface area (Å²) < 4.78 is 5.75. The summed E-state index contributed by atoms with van der Waals surface area (Å²) in [4.78, 5) is 4.38. The molecule has 19 heavy (non-hydrogen) atoms. The third kappa shape index (κ3) is 3.10. The molecule has 0 amide bonds. The van der Waals surface area contributed by atoms with E-state index in [0.29, 0.717) is 6.61 Å². The number of benzene rings is 1. The molecule has 0 saturated heterocycles. The van der Waals surface area contributed by atoms with Gasteiger partial charge in [0.15, 0.2) is 0 Å². The number of nitrogens with zero attached hydrogens (tertiary/aromatic N) is 1. The zero-order chi connectivity index (χ0) is 13.7. The molecule has 0 aliphatic heterocycles. The van der Waals surface area contributed by atoms with Gasteiger partial charge in [-0.3, -0.25) is 16.3 Å². The minimum absolute atomic E-state index is 0.0173. The van der Waals surface area contributed by atoms with Gasteiger partial charge in [0.2, 0.25) is 0 Å². The normalized spacial score (nSPS) is 14.5. The van der Waals surface area contributed by atoms with Crippen molar-refractivity contribution in [3.8, 4) is 0 Å². The fourth-order valence-electron chi connectivity index (χ4n) is 2.36. The number of ether oxygens (including phenoxy) is 1. The third-order valence-corrected chi connectivity index (χ3v) is 3.32. The molecule has 0 fully saturated rings. The van der Waals surface area contributed by atoms with Crippen LogP contribution in [0.4, 0.5) is 0 Å². The van der Waals surface area contributed by atoms with Crippen LogP contribution < -0.4 is 11.3 Å². The summed E-state index contributed by atoms with van der Waals surface area (Å²) in [5.41, 5.74) is 4.95. The number of rotatable bonds is 6. The first-order valence-electron chi connectivity index (χ1n) is 6.72. The number of hydrogen-bond acceptors (Lipinski definition) is 4. The Balaban J connectivity index is 2.34. The predicted octanol–water partition coefficient (Wildman–Crippen LogP) is 2.55. The minimum Gasteiger partial charge on any atom is -0.376 e. The quantitative estimate of drug-likeness (QED) is 0.618. The number of pyridine rings is 1. The minimum atomic E-state index is -0.0173. The van der Waals surface area contributed by atoms with E-state index in [1.165, 1.54) is 0 Å². The topological polar surface area (TPSA) is 60.2 Å². The van der Waals surface area contributed by atoms with Gasteiger partial charge in [-0.05, 0) is 31.0 Å². The standard InChI is InChI=1S/C15H21N3O/c1-3-14(19-4-2)15(18-16)12-8-7-11-6-5-9-17-13(11)10-12/h5-10,14-15,18H,3-4,16H2,1-2H3. The highest BCUT2D eigenvalue weighted by Gasteiger charge is 2.21. The summed E-state index contributed by atoms with van der Waals surface area (Å²) in [5, 5.41) is 1.13. The van der Waals surface area contributed by atoms with Gasteiger partial charge in [0.1, 0.15) is 0 Å². The van der Waals surface area contributed by atoms with Crippen LogP contribution in [0, 0.1) is 0 Å². The Morgan fingerprint density at radius 2 is 2.16 bits per heavy atom. The lowest BCUT2D eigenvalue weighted by atomic mass is 9.98. The number of nitrogens with one attached hydrogen (secondary N) is 1. The first-order valence-corrected chi connectivity index (χ1v) is 6.72. The average Bonchev–Trinajstić information content (AvgIpc) is 2.47. The molecule has 1 aromatic carbocycles. The van der Waals surface area contributed by atoms with Crippen LogP contribution in [0.25, 0.3) is 10.9 Å². The van der Waals surface area contributed by atoms with Crippen molar-refractivity contribution in [3.05, 3.63) is 42.1 Å². The SMILES string of the molecule is CCOC(CC)C(NN)c1ccc2cccnc2c1. The van der Waals surface area contributed by atoms with Crippen molar-refractivity contribution in [2.45, 2.75) is 32.4 Å². The maximum Gasteiger partial charge on any atom is 0.0779 e. The van der Waals surface area contributed by atoms with Crippen molar-refractivity contribution in [1.82, 2.24) is 10.4 Å². The first-order chi connectivity index (χ1) is 9.30. The zero-order valence-corrected chi connectivity index (χ0v) is 11.5. The first kappa shape index (κ1) is 13.9. The molecule has 0 bridgehead atoms. The molecular formula is C15H21N3O. The number of hydrazine groups is 1. The van der Waals surface area contributed by atoms with Crippen LogP contribution in [0.15, 0.2) is 36.5 Å². The van der Waals surface area contributed by atoms with Gasteiger partial charge < -0.3 is 4.74 Å². The summed E-state index contributed by atoms with van der Waals surface area (Å²) in [6, 6.07) is 10.2. The van der Waals surface area contributed by atoms with Gasteiger partial charge in [-0.15, -0.1) is 0 Å². The predicted molar refractivity (Wildman–Crippen MR) is 77.5 cm³/mol. The van der Waals surface area contributed by atoms with E-state index in [0.717, 1.165) is 22.9 Å². The number of hydrogen-bond donors (Lipinski definition) is 2. The molecule has 2 aromatic rings. The van der Waals surface area contributed by atoms with Crippen LogP contribution in [0.3, 0.4) is 0 Å². The van der Waals surface area contributed by atoms with E-state index in [2.05, 4.69) is 41.6 Å². The lowest BCUT2D eigenvalue weighted by Gasteiger charge is -2.26. The highest BCUT2D eigenvalue weighted by atomic mass is 16.5. The van der Waals surface area contributed by atoms with Gasteiger partial charge in [-0.25, -0.2) is 0 Å². The maximum atomic E-state index is 5.75. The van der Waals surface area contributed by atoms with E-state index >= 15 is 0 Å². The van der Waals surface area contributed by atoms with Gasteiger partial charge in [0.05, 0.1) is 17.7 Å². The Kier molecular flexibility index (Phi) is 4.85. The second-order valence-electron chi connectivity index (χ2n) is 4.50. The molecule has 4 nitrogen and oxygen atoms in total. The Hall–Kier alpha value is -1.49. The van der Waals surface area contributed by atoms with Gasteiger partial charge in [0.25, 0.3) is 0 Å². The fraction of sp³-hybridized carbons (Fsp3) is 0.400. The van der Waals surface area contributed by atoms with Crippen molar-refractivity contribution in [2.24, 2.45) is 5.84 Å². The van der Waals surface area contributed by atoms with Crippen molar-refractivity contribution in [3.63, 3.8) is 0 Å². The maximum absolute atomic E-state index is 5.75. The summed E-state index contributed by atoms with van der Waals surface area (Å²) in [5.74, 6) is 5.71. The second kappa shape index (κ2) is 6.61. The Bertz CT molecular complexity index is 530. The van der Waals surface area contributed by atoms with Crippen LogP contribution >= 0.6 is 0 Å². The zero-order valence-electron chi connectivity index (χ0n) is 11.5. The van der Waals surface area contributed by atoms with Crippen LogP contribution in [0.2, 0.25) is 0 Å². The molecule has 0 spiro atoms. The molecule has 1 heterocycles. The number of nitrogens with two attached hydrogens (primary N) is 1. The van der Waals surface area contributed by atoms with E-state index < -0.39 is 0 Å². The van der Waals surface area contributed by atoms with E-state index in [9.17, 15) is 0 Å². The van der Waals surface area contributed by atoms with Crippen LogP contribution in [-0.2, 0) is 4.74 Å². The van der Waals surface area contributed by atoms with Crippen LogP contribution in [0.5, 0.6) is 0 Å². The monoisotopic (exact) mass is 259 g/mol. The number of aromatic nitrogens is 1. The van der Waals surface area contributed by atoms with E-state index in [-0.39, 0.29) is 12.1 Å². The molecule has 1 aromatic heterocycles. The molecule has 0 aliphatic rings. The lowest BCUT2D eigenvalue weighted by molar-refractivity contribution is 0.0314. The van der Waals surface area contributed by atoms with Crippen LogP contribution in [-0.4, -0.2) is 17.7 Å². The van der Waals surface area contributed by atoms with Gasteiger partial charge in [-0.1, -0.05) is 25.1 Å². The lowest BCUT2D eigenvalue weighted by Crippen LogP contribution is -2.37. The molecule has 102 valence electrons. The summed E-state index contributed by atoms with van der Waals surface area (Å²) >= 11 is 0. The van der Waals surface area contributed by atoms with Gasteiger partial charge in [-0.2, -0.15) is 0 Å². The molecule has 0 aliphatic carbocycles. The molecular weight excluding hydrogens is 238 g/mol. The molecule has 4 heteroatoms. The smallest absolute Gasteiger partial charge is 0.0779 e. The molecule has 0 radical (unpaired) electrons. The summed E-state index contributed by atoms with van der Waals surface area (Å²) in [6.07, 6.45) is 2.77. The van der Waals surface area contributed by atoms with Crippen LogP contribution in [0.1, 0.15) is 31.9 Å². The fourth-order valence-corrected chi connectivity index (χ4v) is 2.36. The summed E-state index contributed by atoms with van der Waals surface area (Å²) in [7, 11) is 0. The highest BCUT2D eigenvalue weighted by molar-refractivity contribution is 5.79. The van der Waals surface area contributed by atoms with E-state index in [1.54, 1.807) is 6.20 Å². The second-order valence-corrected chi connectivity index (χ2v) is 4.50. The number of fused-ring (bicyclic) bond motifs is 1. The van der Waals surface area contributed by atoms with Gasteiger partial charge in [0, 0.05) is 18.2 Å². The van der Waals surface area contributed by atoms with E-state index in [1.807, 2.05) is 13.0 Å². The van der Waals surface area contributed by atoms with E-state index in [4.69, 9.17) is 10.6 Å². The summed E-state index contributed by atoms with van der Waals surface area (Å²) in [6.45, 7) is 4.78. The molecule has 3 N–H and O–H groups in total. The molecule has 2 rings (SSSR count). The van der Waals surface area contributed by atoms with Crippen molar-refractivity contribution >= 4 is 10.9 Å². The Labute approximate surface area is 113 Å². The molecule has 2 unspecified atom stereocenters. The average molecular weight is 259 g/mol. The molecule has 2 atom stereocenters.